The van der Waals surface area contributed by atoms with Crippen LogP contribution in [0.1, 0.15) is 44.2 Å². The van der Waals surface area contributed by atoms with Gasteiger partial charge < -0.3 is 10.1 Å². The molecule has 2 atom stereocenters. The third-order valence-electron chi connectivity index (χ3n) is 3.59. The minimum atomic E-state index is -0.138. The minimum absolute atomic E-state index is 0.0618. The van der Waals surface area contributed by atoms with Crippen molar-refractivity contribution < 1.29 is 9.13 Å². The molecule has 1 aliphatic heterocycles. The number of hydrogen-bond acceptors (Lipinski definition) is 2. The standard InChI is InChI=1S/C15H21BrFNO/c1-2-18-15(8-6-12-4-3-9-19-12)13-10-11(16)5-7-14(13)17/h5,7,10,12,15,18H,2-4,6,8-9H2,1H3. The number of hydrogen-bond donors (Lipinski definition) is 1. The van der Waals surface area contributed by atoms with Gasteiger partial charge >= 0.3 is 0 Å². The Morgan fingerprint density at radius 2 is 2.37 bits per heavy atom. The van der Waals surface area contributed by atoms with Crippen LogP contribution in [0.4, 0.5) is 4.39 Å². The molecule has 0 aromatic heterocycles. The van der Waals surface area contributed by atoms with E-state index in [1.54, 1.807) is 6.07 Å². The van der Waals surface area contributed by atoms with E-state index in [1.807, 2.05) is 6.07 Å². The van der Waals surface area contributed by atoms with Crippen LogP contribution >= 0.6 is 15.9 Å². The highest BCUT2D eigenvalue weighted by molar-refractivity contribution is 9.10. The third-order valence-corrected chi connectivity index (χ3v) is 4.08. The van der Waals surface area contributed by atoms with Crippen LogP contribution in [0.3, 0.4) is 0 Å². The van der Waals surface area contributed by atoms with Crippen LogP contribution in [0.2, 0.25) is 0 Å². The Bertz CT molecular complexity index is 407. The van der Waals surface area contributed by atoms with E-state index >= 15 is 0 Å². The SMILES string of the molecule is CCNC(CCC1CCCO1)c1cc(Br)ccc1F. The van der Waals surface area contributed by atoms with Gasteiger partial charge in [0, 0.05) is 22.7 Å². The maximum Gasteiger partial charge on any atom is 0.128 e. The van der Waals surface area contributed by atoms with Crippen LogP contribution in [0, 0.1) is 5.82 Å². The highest BCUT2D eigenvalue weighted by atomic mass is 79.9. The van der Waals surface area contributed by atoms with Crippen molar-refractivity contribution >= 4 is 15.9 Å². The van der Waals surface area contributed by atoms with Crippen LogP contribution < -0.4 is 5.32 Å². The lowest BCUT2D eigenvalue weighted by Gasteiger charge is -2.21. The Labute approximate surface area is 122 Å². The van der Waals surface area contributed by atoms with E-state index in [9.17, 15) is 4.39 Å². The maximum absolute atomic E-state index is 14.0. The molecule has 0 aliphatic carbocycles. The van der Waals surface area contributed by atoms with Gasteiger partial charge in [0.25, 0.3) is 0 Å². The zero-order chi connectivity index (χ0) is 13.7. The maximum atomic E-state index is 14.0. The topological polar surface area (TPSA) is 21.3 Å². The van der Waals surface area contributed by atoms with Crippen molar-refractivity contribution in [2.75, 3.05) is 13.2 Å². The third kappa shape index (κ3) is 4.26. The van der Waals surface area contributed by atoms with E-state index < -0.39 is 0 Å². The quantitative estimate of drug-likeness (QED) is 0.844. The number of rotatable bonds is 6. The fourth-order valence-corrected chi connectivity index (χ4v) is 3.00. The highest BCUT2D eigenvalue weighted by Gasteiger charge is 2.20. The molecule has 2 unspecified atom stereocenters. The first-order chi connectivity index (χ1) is 9.20. The molecule has 2 nitrogen and oxygen atoms in total. The van der Waals surface area contributed by atoms with Crippen molar-refractivity contribution in [3.63, 3.8) is 0 Å². The van der Waals surface area contributed by atoms with E-state index in [0.717, 1.165) is 48.9 Å². The molecular weight excluding hydrogens is 309 g/mol. The fraction of sp³-hybridized carbons (Fsp3) is 0.600. The number of halogens is 2. The Morgan fingerprint density at radius 3 is 3.05 bits per heavy atom. The second-order valence-corrected chi connectivity index (χ2v) is 5.90. The highest BCUT2D eigenvalue weighted by Crippen LogP contribution is 2.27. The van der Waals surface area contributed by atoms with Crippen LogP contribution in [-0.4, -0.2) is 19.3 Å². The monoisotopic (exact) mass is 329 g/mol. The summed E-state index contributed by atoms with van der Waals surface area (Å²) in [7, 11) is 0. The lowest BCUT2D eigenvalue weighted by Crippen LogP contribution is -2.23. The van der Waals surface area contributed by atoms with Crippen LogP contribution in [0.25, 0.3) is 0 Å². The van der Waals surface area contributed by atoms with E-state index in [-0.39, 0.29) is 11.9 Å². The van der Waals surface area contributed by atoms with Gasteiger partial charge in [-0.15, -0.1) is 0 Å². The van der Waals surface area contributed by atoms with E-state index in [0.29, 0.717) is 6.10 Å². The molecule has 1 fully saturated rings. The summed E-state index contributed by atoms with van der Waals surface area (Å²) in [5, 5.41) is 3.37. The van der Waals surface area contributed by atoms with Gasteiger partial charge in [-0.1, -0.05) is 22.9 Å². The summed E-state index contributed by atoms with van der Waals surface area (Å²) in [4.78, 5) is 0. The molecule has 0 radical (unpaired) electrons. The second-order valence-electron chi connectivity index (χ2n) is 4.99. The predicted octanol–water partition coefficient (Wildman–Crippen LogP) is 4.20. The predicted molar refractivity (Wildman–Crippen MR) is 78.7 cm³/mol. The summed E-state index contributed by atoms with van der Waals surface area (Å²) in [6.45, 7) is 3.76. The van der Waals surface area contributed by atoms with Crippen molar-refractivity contribution in [2.45, 2.75) is 44.8 Å². The molecule has 106 valence electrons. The molecule has 0 spiro atoms. The van der Waals surface area contributed by atoms with Gasteiger partial charge in [-0.25, -0.2) is 4.39 Å². The van der Waals surface area contributed by atoms with Crippen molar-refractivity contribution in [3.8, 4) is 0 Å². The Morgan fingerprint density at radius 1 is 1.53 bits per heavy atom. The Hall–Kier alpha value is -0.450. The summed E-state index contributed by atoms with van der Waals surface area (Å²) in [5.74, 6) is -0.138. The molecule has 0 saturated carbocycles. The zero-order valence-corrected chi connectivity index (χ0v) is 12.9. The average molecular weight is 330 g/mol. The number of nitrogens with one attached hydrogen (secondary N) is 1. The molecule has 0 bridgehead atoms. The number of ether oxygens (including phenoxy) is 1. The molecule has 2 rings (SSSR count). The Kier molecular flexibility index (Phi) is 5.79. The molecule has 1 N–H and O–H groups in total. The summed E-state index contributed by atoms with van der Waals surface area (Å²) >= 11 is 3.41. The van der Waals surface area contributed by atoms with Gasteiger partial charge in [0.05, 0.1) is 6.10 Å². The largest absolute Gasteiger partial charge is 0.378 e. The molecule has 1 saturated heterocycles. The lowest BCUT2D eigenvalue weighted by molar-refractivity contribution is 0.0995. The first-order valence-corrected chi connectivity index (χ1v) is 7.80. The van der Waals surface area contributed by atoms with Crippen LogP contribution in [-0.2, 0) is 4.74 Å². The van der Waals surface area contributed by atoms with Crippen LogP contribution in [0.15, 0.2) is 22.7 Å². The van der Waals surface area contributed by atoms with Gasteiger partial charge in [-0.2, -0.15) is 0 Å². The molecule has 4 heteroatoms. The van der Waals surface area contributed by atoms with E-state index in [1.165, 1.54) is 6.07 Å². The first-order valence-electron chi connectivity index (χ1n) is 7.00. The minimum Gasteiger partial charge on any atom is -0.378 e. The molecule has 1 aromatic rings. The summed E-state index contributed by atoms with van der Waals surface area (Å²) in [5.41, 5.74) is 0.745. The Balaban J connectivity index is 2.03. The molecule has 1 aliphatic rings. The number of benzene rings is 1. The summed E-state index contributed by atoms with van der Waals surface area (Å²) in [6, 6.07) is 5.20. The van der Waals surface area contributed by atoms with E-state index in [2.05, 4.69) is 28.2 Å². The van der Waals surface area contributed by atoms with Crippen molar-refractivity contribution in [1.29, 1.82) is 0 Å². The van der Waals surface area contributed by atoms with Crippen molar-refractivity contribution in [3.05, 3.63) is 34.1 Å². The fourth-order valence-electron chi connectivity index (χ4n) is 2.62. The summed E-state index contributed by atoms with van der Waals surface area (Å²) in [6.07, 6.45) is 4.55. The normalized spacial score (nSPS) is 20.7. The summed E-state index contributed by atoms with van der Waals surface area (Å²) < 4.78 is 20.5. The molecule has 0 amide bonds. The molecule has 1 heterocycles. The molecular formula is C15H21BrFNO. The zero-order valence-electron chi connectivity index (χ0n) is 11.3. The molecule has 19 heavy (non-hydrogen) atoms. The average Bonchev–Trinajstić information content (AvgIpc) is 2.91. The first kappa shape index (κ1) is 14.9. The van der Waals surface area contributed by atoms with Gasteiger partial charge in [-0.3, -0.25) is 0 Å². The van der Waals surface area contributed by atoms with Gasteiger partial charge in [0.2, 0.25) is 0 Å². The van der Waals surface area contributed by atoms with Gasteiger partial charge in [0.1, 0.15) is 5.82 Å². The smallest absolute Gasteiger partial charge is 0.128 e. The lowest BCUT2D eigenvalue weighted by atomic mass is 9.98. The molecule has 1 aromatic carbocycles. The van der Waals surface area contributed by atoms with Gasteiger partial charge in [-0.05, 0) is 50.4 Å². The van der Waals surface area contributed by atoms with Crippen molar-refractivity contribution in [2.24, 2.45) is 0 Å². The van der Waals surface area contributed by atoms with E-state index in [4.69, 9.17) is 4.74 Å². The van der Waals surface area contributed by atoms with Gasteiger partial charge in [0.15, 0.2) is 0 Å². The van der Waals surface area contributed by atoms with Crippen LogP contribution in [0.5, 0.6) is 0 Å². The van der Waals surface area contributed by atoms with Crippen molar-refractivity contribution in [1.82, 2.24) is 5.32 Å². The second kappa shape index (κ2) is 7.36.